The van der Waals surface area contributed by atoms with Crippen molar-refractivity contribution in [3.8, 4) is 11.3 Å². The molecule has 1 heterocycles. The van der Waals surface area contributed by atoms with Crippen LogP contribution in [0.5, 0.6) is 0 Å². The first-order valence-electron chi connectivity index (χ1n) is 6.85. The molecule has 1 aromatic carbocycles. The highest BCUT2D eigenvalue weighted by Crippen LogP contribution is 2.22. The van der Waals surface area contributed by atoms with Gasteiger partial charge in [-0.1, -0.05) is 13.8 Å². The minimum absolute atomic E-state index is 0.245. The summed E-state index contributed by atoms with van der Waals surface area (Å²) in [4.78, 5) is 8.79. The largest absolute Gasteiger partial charge is 0.357 e. The lowest BCUT2D eigenvalue weighted by atomic mass is 10.1. The molecule has 0 saturated heterocycles. The van der Waals surface area contributed by atoms with Gasteiger partial charge in [-0.05, 0) is 36.2 Å². The van der Waals surface area contributed by atoms with E-state index in [-0.39, 0.29) is 5.82 Å². The summed E-state index contributed by atoms with van der Waals surface area (Å²) < 4.78 is 38.8. The molecular weight excluding hydrogens is 321 g/mol. The fourth-order valence-electron chi connectivity index (χ4n) is 1.64. The summed E-state index contributed by atoms with van der Waals surface area (Å²) in [7, 11) is -1.88. The number of rotatable bonds is 3. The zero-order valence-corrected chi connectivity index (χ0v) is 14.2. The molecule has 0 aliphatic carbocycles. The van der Waals surface area contributed by atoms with Gasteiger partial charge in [0.15, 0.2) is 0 Å². The third-order valence-corrected chi connectivity index (χ3v) is 2.70. The van der Waals surface area contributed by atoms with Gasteiger partial charge in [-0.2, -0.15) is 8.42 Å². The molecule has 8 heteroatoms. The van der Waals surface area contributed by atoms with Crippen LogP contribution in [0.15, 0.2) is 30.3 Å². The Morgan fingerprint density at radius 2 is 1.70 bits per heavy atom. The molecule has 1 aromatic heterocycles. The molecule has 2 rings (SSSR count). The van der Waals surface area contributed by atoms with E-state index in [1.807, 2.05) is 6.07 Å². The maximum Gasteiger partial charge on any atom is 0.261 e. The van der Waals surface area contributed by atoms with Gasteiger partial charge in [-0.15, -0.1) is 0 Å². The van der Waals surface area contributed by atoms with Crippen molar-refractivity contribution in [1.82, 2.24) is 9.97 Å². The third kappa shape index (κ3) is 7.16. The maximum absolute atomic E-state index is 12.9. The maximum atomic E-state index is 12.9. The molecule has 0 fully saturated rings. The number of nitrogens with zero attached hydrogens (tertiary/aromatic N) is 2. The Kier molecular flexibility index (Phi) is 6.59. The van der Waals surface area contributed by atoms with Crippen molar-refractivity contribution in [2.24, 2.45) is 0 Å². The van der Waals surface area contributed by atoms with E-state index in [1.54, 1.807) is 19.2 Å². The van der Waals surface area contributed by atoms with Crippen molar-refractivity contribution in [2.75, 3.05) is 18.6 Å². The number of aromatic nitrogens is 2. The Hall–Kier alpha value is -2.06. The average molecular weight is 341 g/mol. The molecule has 0 aliphatic rings. The average Bonchev–Trinajstić information content (AvgIpc) is 2.45. The quantitative estimate of drug-likeness (QED) is 0.834. The normalized spacial score (nSPS) is 10.9. The number of hydrogen-bond donors (Lipinski definition) is 2. The van der Waals surface area contributed by atoms with Crippen molar-refractivity contribution >= 4 is 16.1 Å². The van der Waals surface area contributed by atoms with Crippen LogP contribution in [-0.4, -0.2) is 36.2 Å². The van der Waals surface area contributed by atoms with E-state index in [1.165, 1.54) is 12.1 Å². The fourth-order valence-corrected chi connectivity index (χ4v) is 1.64. The second-order valence-electron chi connectivity index (χ2n) is 5.15. The SMILES string of the molecule is CNc1nc(-c2ccc(F)cc2)cc(C(C)C)n1.CS(=O)(=O)O. The smallest absolute Gasteiger partial charge is 0.261 e. The molecule has 2 aromatic rings. The van der Waals surface area contributed by atoms with Crippen LogP contribution in [0.3, 0.4) is 0 Å². The summed E-state index contributed by atoms with van der Waals surface area (Å²) in [6, 6.07) is 8.26. The highest BCUT2D eigenvalue weighted by atomic mass is 32.2. The molecule has 6 nitrogen and oxygen atoms in total. The van der Waals surface area contributed by atoms with Gasteiger partial charge in [-0.3, -0.25) is 4.55 Å². The van der Waals surface area contributed by atoms with E-state index in [0.29, 0.717) is 18.1 Å². The lowest BCUT2D eigenvalue weighted by Gasteiger charge is -2.10. The number of hydrogen-bond acceptors (Lipinski definition) is 5. The highest BCUT2D eigenvalue weighted by Gasteiger charge is 2.08. The van der Waals surface area contributed by atoms with Crippen LogP contribution in [0, 0.1) is 5.82 Å². The molecule has 126 valence electrons. The molecule has 2 N–H and O–H groups in total. The first kappa shape index (κ1) is 19.0. The fraction of sp³-hybridized carbons (Fsp3) is 0.333. The summed E-state index contributed by atoms with van der Waals surface area (Å²) in [6.07, 6.45) is 0.715. The van der Waals surface area contributed by atoms with Crippen LogP contribution < -0.4 is 5.32 Å². The predicted octanol–water partition coefficient (Wildman–Crippen LogP) is 2.95. The first-order valence-corrected chi connectivity index (χ1v) is 8.70. The number of nitrogens with one attached hydrogen (secondary N) is 1. The number of benzene rings is 1. The van der Waals surface area contributed by atoms with Crippen molar-refractivity contribution < 1.29 is 17.4 Å². The van der Waals surface area contributed by atoms with Crippen molar-refractivity contribution in [3.05, 3.63) is 41.8 Å². The molecule has 0 saturated carbocycles. The van der Waals surface area contributed by atoms with Gasteiger partial charge in [0.1, 0.15) is 5.82 Å². The van der Waals surface area contributed by atoms with Gasteiger partial charge in [0, 0.05) is 18.3 Å². The van der Waals surface area contributed by atoms with E-state index < -0.39 is 10.1 Å². The molecule has 0 aliphatic heterocycles. The molecule has 0 radical (unpaired) electrons. The van der Waals surface area contributed by atoms with Crippen LogP contribution in [0.2, 0.25) is 0 Å². The molecule has 0 amide bonds. The first-order chi connectivity index (χ1) is 10.6. The minimum Gasteiger partial charge on any atom is -0.357 e. The van der Waals surface area contributed by atoms with Gasteiger partial charge >= 0.3 is 0 Å². The van der Waals surface area contributed by atoms with Gasteiger partial charge in [0.05, 0.1) is 11.9 Å². The van der Waals surface area contributed by atoms with Gasteiger partial charge in [-0.25, -0.2) is 14.4 Å². The van der Waals surface area contributed by atoms with E-state index >= 15 is 0 Å². The van der Waals surface area contributed by atoms with Crippen LogP contribution in [-0.2, 0) is 10.1 Å². The summed E-state index contributed by atoms with van der Waals surface area (Å²) in [5, 5.41) is 2.95. The Morgan fingerprint density at radius 3 is 2.13 bits per heavy atom. The van der Waals surface area contributed by atoms with Crippen LogP contribution >= 0.6 is 0 Å². The Bertz CT molecular complexity index is 739. The van der Waals surface area contributed by atoms with Gasteiger partial charge in [0.2, 0.25) is 5.95 Å². The molecule has 0 bridgehead atoms. The van der Waals surface area contributed by atoms with Crippen LogP contribution in [0.1, 0.15) is 25.5 Å². The van der Waals surface area contributed by atoms with E-state index in [9.17, 15) is 12.8 Å². The van der Waals surface area contributed by atoms with Gasteiger partial charge < -0.3 is 5.32 Å². The monoisotopic (exact) mass is 341 g/mol. The Labute approximate surface area is 135 Å². The summed E-state index contributed by atoms with van der Waals surface area (Å²) >= 11 is 0. The van der Waals surface area contributed by atoms with Crippen molar-refractivity contribution in [2.45, 2.75) is 19.8 Å². The number of halogens is 1. The molecule has 23 heavy (non-hydrogen) atoms. The Balaban J connectivity index is 0.000000463. The third-order valence-electron chi connectivity index (χ3n) is 2.70. The summed E-state index contributed by atoms with van der Waals surface area (Å²) in [5.41, 5.74) is 2.66. The summed E-state index contributed by atoms with van der Waals surface area (Å²) in [5.74, 6) is 0.658. The topological polar surface area (TPSA) is 92.2 Å². The second kappa shape index (κ2) is 7.98. The second-order valence-corrected chi connectivity index (χ2v) is 6.61. The van der Waals surface area contributed by atoms with E-state index in [4.69, 9.17) is 4.55 Å². The van der Waals surface area contributed by atoms with Gasteiger partial charge in [0.25, 0.3) is 10.1 Å². The predicted molar refractivity (Wildman–Crippen MR) is 88.5 cm³/mol. The Morgan fingerprint density at radius 1 is 1.17 bits per heavy atom. The van der Waals surface area contributed by atoms with E-state index in [2.05, 4.69) is 29.1 Å². The lowest BCUT2D eigenvalue weighted by Crippen LogP contribution is -2.02. The van der Waals surface area contributed by atoms with Crippen molar-refractivity contribution in [1.29, 1.82) is 0 Å². The molecule has 0 atom stereocenters. The summed E-state index contributed by atoms with van der Waals surface area (Å²) in [6.45, 7) is 4.16. The van der Waals surface area contributed by atoms with Crippen LogP contribution in [0.4, 0.5) is 10.3 Å². The minimum atomic E-state index is -3.67. The number of anilines is 1. The van der Waals surface area contributed by atoms with E-state index in [0.717, 1.165) is 17.0 Å². The van der Waals surface area contributed by atoms with Crippen LogP contribution in [0.25, 0.3) is 11.3 Å². The highest BCUT2D eigenvalue weighted by molar-refractivity contribution is 7.85. The molecule has 0 spiro atoms. The molecule has 0 unspecified atom stereocenters. The molecular formula is C15H20FN3O3S. The van der Waals surface area contributed by atoms with Crippen molar-refractivity contribution in [3.63, 3.8) is 0 Å². The standard InChI is InChI=1S/C14H16FN3.CH4O3S/c1-9(2)12-8-13(18-14(16-3)17-12)10-4-6-11(15)7-5-10;1-5(2,3)4/h4-9H,1-3H3,(H,16,17,18);1H3,(H,2,3,4). The lowest BCUT2D eigenvalue weighted by molar-refractivity contribution is 0.490. The zero-order valence-electron chi connectivity index (χ0n) is 13.4. The zero-order chi connectivity index (χ0) is 17.6.